The number of rotatable bonds is 9. The standard InChI is InChI=1S/C25H27FN2O4S/c1-18-15-23(13-14-24(18)32-3)33(30,31)28(16-20-7-5-4-6-8-20)17-25(29)27-19(2)21-9-11-22(26)12-10-21/h4-15,19H,16-17H2,1-3H3,(H,27,29). The van der Waals surface area contributed by atoms with Gasteiger partial charge in [0.05, 0.1) is 24.6 Å². The molecule has 0 fully saturated rings. The largest absolute Gasteiger partial charge is 0.496 e. The minimum absolute atomic E-state index is 0.0343. The van der Waals surface area contributed by atoms with Gasteiger partial charge in [-0.05, 0) is 60.9 Å². The van der Waals surface area contributed by atoms with E-state index in [2.05, 4.69) is 5.32 Å². The molecular formula is C25H27FN2O4S. The molecule has 3 aromatic rings. The summed E-state index contributed by atoms with van der Waals surface area (Å²) in [5, 5.41) is 2.80. The predicted octanol–water partition coefficient (Wildman–Crippen LogP) is 4.21. The topological polar surface area (TPSA) is 75.7 Å². The summed E-state index contributed by atoms with van der Waals surface area (Å²) < 4.78 is 46.5. The lowest BCUT2D eigenvalue weighted by Gasteiger charge is -2.23. The lowest BCUT2D eigenvalue weighted by Crippen LogP contribution is -2.41. The first-order valence-corrected chi connectivity index (χ1v) is 11.9. The van der Waals surface area contributed by atoms with Crippen LogP contribution in [0.1, 0.15) is 29.7 Å². The van der Waals surface area contributed by atoms with E-state index in [1.54, 1.807) is 44.2 Å². The lowest BCUT2D eigenvalue weighted by atomic mass is 10.1. The Kier molecular flexibility index (Phi) is 7.84. The number of nitrogens with one attached hydrogen (secondary N) is 1. The van der Waals surface area contributed by atoms with Crippen molar-refractivity contribution < 1.29 is 22.3 Å². The minimum atomic E-state index is -3.98. The number of benzene rings is 3. The van der Waals surface area contributed by atoms with Crippen LogP contribution in [0.3, 0.4) is 0 Å². The SMILES string of the molecule is COc1ccc(S(=O)(=O)N(CC(=O)NC(C)c2ccc(F)cc2)Cc2ccccc2)cc1C. The fourth-order valence-electron chi connectivity index (χ4n) is 3.46. The van der Waals surface area contributed by atoms with Gasteiger partial charge in [0, 0.05) is 6.54 Å². The summed E-state index contributed by atoms with van der Waals surface area (Å²) >= 11 is 0. The summed E-state index contributed by atoms with van der Waals surface area (Å²) in [5.41, 5.74) is 2.14. The maximum atomic E-state index is 13.5. The van der Waals surface area contributed by atoms with Gasteiger partial charge in [-0.1, -0.05) is 42.5 Å². The molecule has 3 aromatic carbocycles. The fourth-order valence-corrected chi connectivity index (χ4v) is 4.93. The van der Waals surface area contributed by atoms with Crippen molar-refractivity contribution in [1.82, 2.24) is 9.62 Å². The molecule has 0 saturated heterocycles. The number of aryl methyl sites for hydroxylation is 1. The zero-order valence-corrected chi connectivity index (χ0v) is 19.6. The molecule has 1 unspecified atom stereocenters. The number of amides is 1. The average molecular weight is 471 g/mol. The van der Waals surface area contributed by atoms with E-state index in [0.717, 1.165) is 9.87 Å². The second-order valence-corrected chi connectivity index (χ2v) is 9.67. The first kappa shape index (κ1) is 24.4. The highest BCUT2D eigenvalue weighted by Gasteiger charge is 2.28. The van der Waals surface area contributed by atoms with Crippen molar-refractivity contribution in [2.45, 2.75) is 31.3 Å². The van der Waals surface area contributed by atoms with Gasteiger partial charge >= 0.3 is 0 Å². The van der Waals surface area contributed by atoms with Gasteiger partial charge in [0.2, 0.25) is 15.9 Å². The maximum Gasteiger partial charge on any atom is 0.243 e. The molecule has 0 aliphatic rings. The number of sulfonamides is 1. The maximum absolute atomic E-state index is 13.5. The molecule has 0 radical (unpaired) electrons. The Labute approximate surface area is 194 Å². The van der Waals surface area contributed by atoms with Crippen LogP contribution in [-0.2, 0) is 21.4 Å². The van der Waals surface area contributed by atoms with E-state index in [9.17, 15) is 17.6 Å². The number of halogens is 1. The van der Waals surface area contributed by atoms with E-state index in [1.165, 1.54) is 31.4 Å². The molecule has 8 heteroatoms. The van der Waals surface area contributed by atoms with Crippen LogP contribution in [0, 0.1) is 12.7 Å². The number of methoxy groups -OCH3 is 1. The first-order chi connectivity index (χ1) is 15.7. The van der Waals surface area contributed by atoms with E-state index in [1.807, 2.05) is 18.2 Å². The Hall–Kier alpha value is -3.23. The highest BCUT2D eigenvalue weighted by Crippen LogP contribution is 2.25. The summed E-state index contributed by atoms with van der Waals surface area (Å²) in [6.45, 7) is 3.19. The zero-order valence-electron chi connectivity index (χ0n) is 18.8. The van der Waals surface area contributed by atoms with Gasteiger partial charge in [0.1, 0.15) is 11.6 Å². The zero-order chi connectivity index (χ0) is 24.0. The van der Waals surface area contributed by atoms with Crippen molar-refractivity contribution in [3.05, 3.63) is 95.3 Å². The van der Waals surface area contributed by atoms with E-state index < -0.39 is 22.0 Å². The highest BCUT2D eigenvalue weighted by molar-refractivity contribution is 7.89. The van der Waals surface area contributed by atoms with Crippen LogP contribution in [0.25, 0.3) is 0 Å². The van der Waals surface area contributed by atoms with Crippen LogP contribution in [-0.4, -0.2) is 32.3 Å². The van der Waals surface area contributed by atoms with Crippen molar-refractivity contribution >= 4 is 15.9 Å². The Balaban J connectivity index is 1.85. The van der Waals surface area contributed by atoms with E-state index in [-0.39, 0.29) is 23.8 Å². The third-order valence-electron chi connectivity index (χ3n) is 5.27. The molecule has 0 heterocycles. The Morgan fingerprint density at radius 2 is 1.73 bits per heavy atom. The molecule has 33 heavy (non-hydrogen) atoms. The van der Waals surface area contributed by atoms with Crippen LogP contribution in [0.2, 0.25) is 0 Å². The molecule has 3 rings (SSSR count). The Morgan fingerprint density at radius 1 is 1.06 bits per heavy atom. The summed E-state index contributed by atoms with van der Waals surface area (Å²) in [6, 6.07) is 19.1. The molecule has 1 amide bonds. The smallest absolute Gasteiger partial charge is 0.243 e. The summed E-state index contributed by atoms with van der Waals surface area (Å²) in [5.74, 6) is -0.252. The fraction of sp³-hybridized carbons (Fsp3) is 0.240. The van der Waals surface area contributed by atoms with Crippen LogP contribution in [0.15, 0.2) is 77.7 Å². The van der Waals surface area contributed by atoms with Crippen molar-refractivity contribution in [3.63, 3.8) is 0 Å². The number of hydrogen-bond acceptors (Lipinski definition) is 4. The van der Waals surface area contributed by atoms with Crippen molar-refractivity contribution in [2.75, 3.05) is 13.7 Å². The molecular weight excluding hydrogens is 443 g/mol. The molecule has 174 valence electrons. The highest BCUT2D eigenvalue weighted by atomic mass is 32.2. The van der Waals surface area contributed by atoms with Gasteiger partial charge < -0.3 is 10.1 Å². The number of carbonyl (C=O) groups is 1. The average Bonchev–Trinajstić information content (AvgIpc) is 2.79. The quantitative estimate of drug-likeness (QED) is 0.508. The van der Waals surface area contributed by atoms with Crippen LogP contribution in [0.4, 0.5) is 4.39 Å². The Morgan fingerprint density at radius 3 is 2.33 bits per heavy atom. The molecule has 6 nitrogen and oxygen atoms in total. The predicted molar refractivity (Wildman–Crippen MR) is 125 cm³/mol. The second-order valence-electron chi connectivity index (χ2n) is 7.73. The van der Waals surface area contributed by atoms with E-state index in [0.29, 0.717) is 16.9 Å². The number of carbonyl (C=O) groups excluding carboxylic acids is 1. The first-order valence-electron chi connectivity index (χ1n) is 10.4. The van der Waals surface area contributed by atoms with Crippen molar-refractivity contribution in [2.24, 2.45) is 0 Å². The third kappa shape index (κ3) is 6.18. The van der Waals surface area contributed by atoms with Crippen molar-refractivity contribution in [3.8, 4) is 5.75 Å². The molecule has 1 atom stereocenters. The van der Waals surface area contributed by atoms with Gasteiger partial charge in [-0.3, -0.25) is 4.79 Å². The van der Waals surface area contributed by atoms with Crippen molar-refractivity contribution in [1.29, 1.82) is 0 Å². The molecule has 0 aliphatic heterocycles. The number of nitrogens with zero attached hydrogens (tertiary/aromatic N) is 1. The van der Waals surface area contributed by atoms with Crippen LogP contribution >= 0.6 is 0 Å². The molecule has 0 aromatic heterocycles. The Bertz CT molecular complexity index is 1200. The number of hydrogen-bond donors (Lipinski definition) is 1. The lowest BCUT2D eigenvalue weighted by molar-refractivity contribution is -0.122. The normalized spacial score (nSPS) is 12.4. The summed E-state index contributed by atoms with van der Waals surface area (Å²) in [6.07, 6.45) is 0. The number of ether oxygens (including phenoxy) is 1. The third-order valence-corrected chi connectivity index (χ3v) is 7.06. The van der Waals surface area contributed by atoms with E-state index in [4.69, 9.17) is 4.74 Å². The monoisotopic (exact) mass is 470 g/mol. The van der Waals surface area contributed by atoms with E-state index >= 15 is 0 Å². The summed E-state index contributed by atoms with van der Waals surface area (Å²) in [7, 11) is -2.46. The van der Waals surface area contributed by atoms with Gasteiger partial charge in [0.25, 0.3) is 0 Å². The second kappa shape index (κ2) is 10.6. The van der Waals surface area contributed by atoms with Gasteiger partial charge in [-0.2, -0.15) is 4.31 Å². The van der Waals surface area contributed by atoms with Crippen LogP contribution in [0.5, 0.6) is 5.75 Å². The van der Waals surface area contributed by atoms with Gasteiger partial charge in [-0.15, -0.1) is 0 Å². The molecule has 0 bridgehead atoms. The molecule has 0 spiro atoms. The summed E-state index contributed by atoms with van der Waals surface area (Å²) in [4.78, 5) is 12.9. The molecule has 0 aliphatic carbocycles. The van der Waals surface area contributed by atoms with Gasteiger partial charge in [0.15, 0.2) is 0 Å². The van der Waals surface area contributed by atoms with Crippen LogP contribution < -0.4 is 10.1 Å². The molecule has 1 N–H and O–H groups in total. The minimum Gasteiger partial charge on any atom is -0.496 e. The van der Waals surface area contributed by atoms with Gasteiger partial charge in [-0.25, -0.2) is 12.8 Å². The molecule has 0 saturated carbocycles.